The SMILES string of the molecule is CCCCCCc1ccc(C(=O)N=C(N)N)c(Cl)c1S(C)(=O)=O. The third-order valence-electron chi connectivity index (χ3n) is 3.31. The van der Waals surface area contributed by atoms with Crippen LogP contribution in [0.3, 0.4) is 0 Å². The molecule has 0 aromatic heterocycles. The van der Waals surface area contributed by atoms with Crippen molar-refractivity contribution >= 4 is 33.3 Å². The fourth-order valence-electron chi connectivity index (χ4n) is 2.28. The number of amides is 1. The fraction of sp³-hybridized carbons (Fsp3) is 0.467. The highest BCUT2D eigenvalue weighted by atomic mass is 35.5. The van der Waals surface area contributed by atoms with E-state index in [2.05, 4.69) is 11.9 Å². The first kappa shape index (κ1) is 19.4. The van der Waals surface area contributed by atoms with Crippen LogP contribution in [0.4, 0.5) is 0 Å². The minimum Gasteiger partial charge on any atom is -0.370 e. The number of aliphatic imine (C=N–C) groups is 1. The molecule has 0 radical (unpaired) electrons. The molecule has 6 nitrogen and oxygen atoms in total. The highest BCUT2D eigenvalue weighted by Gasteiger charge is 2.23. The molecule has 1 rings (SSSR count). The Hall–Kier alpha value is -1.60. The lowest BCUT2D eigenvalue weighted by Gasteiger charge is -2.12. The Bertz CT molecular complexity index is 711. The van der Waals surface area contributed by atoms with Crippen molar-refractivity contribution in [3.63, 3.8) is 0 Å². The van der Waals surface area contributed by atoms with E-state index >= 15 is 0 Å². The van der Waals surface area contributed by atoms with Gasteiger partial charge in [0, 0.05) is 6.26 Å². The number of sulfone groups is 1. The van der Waals surface area contributed by atoms with E-state index in [4.69, 9.17) is 23.1 Å². The van der Waals surface area contributed by atoms with Crippen molar-refractivity contribution in [2.45, 2.75) is 43.9 Å². The summed E-state index contributed by atoms with van der Waals surface area (Å²) >= 11 is 6.17. The van der Waals surface area contributed by atoms with Gasteiger partial charge in [-0.15, -0.1) is 0 Å². The van der Waals surface area contributed by atoms with E-state index in [0.717, 1.165) is 31.9 Å². The average molecular weight is 360 g/mol. The number of halogens is 1. The number of hydrogen-bond acceptors (Lipinski definition) is 3. The summed E-state index contributed by atoms with van der Waals surface area (Å²) in [5.74, 6) is -1.17. The highest BCUT2D eigenvalue weighted by Crippen LogP contribution is 2.30. The number of aryl methyl sites for hydroxylation is 1. The van der Waals surface area contributed by atoms with Crippen molar-refractivity contribution < 1.29 is 13.2 Å². The number of carbonyl (C=O) groups is 1. The van der Waals surface area contributed by atoms with Crippen molar-refractivity contribution in [1.29, 1.82) is 0 Å². The second-order valence-corrected chi connectivity index (χ2v) is 7.67. The molecule has 0 aliphatic carbocycles. The molecule has 0 spiro atoms. The zero-order valence-corrected chi connectivity index (χ0v) is 14.9. The molecule has 1 aromatic carbocycles. The molecule has 0 saturated carbocycles. The molecule has 0 atom stereocenters. The zero-order chi connectivity index (χ0) is 17.6. The van der Waals surface area contributed by atoms with Crippen molar-refractivity contribution in [2.24, 2.45) is 16.5 Å². The predicted octanol–water partition coefficient (Wildman–Crippen LogP) is 2.28. The summed E-state index contributed by atoms with van der Waals surface area (Å²) in [4.78, 5) is 15.3. The van der Waals surface area contributed by atoms with Gasteiger partial charge in [0.25, 0.3) is 5.91 Å². The van der Waals surface area contributed by atoms with E-state index in [9.17, 15) is 13.2 Å². The monoisotopic (exact) mass is 359 g/mol. The van der Waals surface area contributed by atoms with Gasteiger partial charge in [-0.3, -0.25) is 4.79 Å². The molecule has 128 valence electrons. The maximum atomic E-state index is 12.1. The van der Waals surface area contributed by atoms with Crippen LogP contribution in [-0.4, -0.2) is 26.5 Å². The van der Waals surface area contributed by atoms with E-state index in [-0.39, 0.29) is 15.5 Å². The molecule has 8 heteroatoms. The van der Waals surface area contributed by atoms with Gasteiger partial charge in [-0.1, -0.05) is 43.9 Å². The number of hydrogen-bond donors (Lipinski definition) is 2. The van der Waals surface area contributed by atoms with Gasteiger partial charge in [0.1, 0.15) is 0 Å². The first-order valence-electron chi connectivity index (χ1n) is 7.33. The van der Waals surface area contributed by atoms with Gasteiger partial charge in [0.2, 0.25) is 0 Å². The fourth-order valence-corrected chi connectivity index (χ4v) is 4.05. The molecule has 0 saturated heterocycles. The lowest BCUT2D eigenvalue weighted by Crippen LogP contribution is -2.24. The number of nitrogens with two attached hydrogens (primary N) is 2. The molecule has 0 aliphatic rings. The van der Waals surface area contributed by atoms with E-state index in [1.165, 1.54) is 6.07 Å². The van der Waals surface area contributed by atoms with Gasteiger partial charge in [0.15, 0.2) is 15.8 Å². The van der Waals surface area contributed by atoms with Gasteiger partial charge in [-0.05, 0) is 24.5 Å². The number of unbranched alkanes of at least 4 members (excludes halogenated alkanes) is 3. The Morgan fingerprint density at radius 2 is 1.87 bits per heavy atom. The zero-order valence-electron chi connectivity index (χ0n) is 13.3. The first-order chi connectivity index (χ1) is 10.7. The Morgan fingerprint density at radius 1 is 1.22 bits per heavy atom. The lowest BCUT2D eigenvalue weighted by atomic mass is 10.0. The van der Waals surface area contributed by atoms with Crippen LogP contribution in [0.15, 0.2) is 22.0 Å². The van der Waals surface area contributed by atoms with E-state index in [1.807, 2.05) is 0 Å². The molecule has 1 amide bonds. The number of guanidine groups is 1. The molecule has 0 fully saturated rings. The standard InChI is InChI=1S/C15H22ClN3O3S/c1-3-4-5-6-7-10-8-9-11(14(20)19-15(17)18)12(16)13(10)23(2,21)22/h8-9H,3-7H2,1-2H3,(H4,17,18,19,20). The Kier molecular flexibility index (Phi) is 7.02. The molecule has 0 heterocycles. The molecule has 23 heavy (non-hydrogen) atoms. The Morgan fingerprint density at radius 3 is 2.39 bits per heavy atom. The number of nitrogens with zero attached hydrogens (tertiary/aromatic N) is 1. The summed E-state index contributed by atoms with van der Waals surface area (Å²) in [6, 6.07) is 3.06. The van der Waals surface area contributed by atoms with Crippen LogP contribution in [0.2, 0.25) is 5.02 Å². The number of benzene rings is 1. The normalized spacial score (nSPS) is 11.3. The molecule has 4 N–H and O–H groups in total. The number of carbonyl (C=O) groups excluding carboxylic acids is 1. The maximum absolute atomic E-state index is 12.1. The van der Waals surface area contributed by atoms with Crippen LogP contribution >= 0.6 is 11.6 Å². The van der Waals surface area contributed by atoms with Crippen LogP contribution in [0, 0.1) is 0 Å². The highest BCUT2D eigenvalue weighted by molar-refractivity contribution is 7.90. The summed E-state index contributed by atoms with van der Waals surface area (Å²) in [5.41, 5.74) is 10.9. The van der Waals surface area contributed by atoms with Crippen molar-refractivity contribution in [1.82, 2.24) is 0 Å². The Balaban J connectivity index is 3.27. The van der Waals surface area contributed by atoms with Gasteiger partial charge in [0.05, 0.1) is 15.5 Å². The van der Waals surface area contributed by atoms with Crippen LogP contribution in [0.25, 0.3) is 0 Å². The lowest BCUT2D eigenvalue weighted by molar-refractivity contribution is 0.100. The summed E-state index contributed by atoms with van der Waals surface area (Å²) < 4.78 is 24.2. The van der Waals surface area contributed by atoms with Gasteiger partial charge >= 0.3 is 0 Å². The molecule has 1 aromatic rings. The largest absolute Gasteiger partial charge is 0.370 e. The summed E-state index contributed by atoms with van der Waals surface area (Å²) in [6.45, 7) is 2.10. The molecule has 0 aliphatic heterocycles. The minimum absolute atomic E-state index is 0.0210. The van der Waals surface area contributed by atoms with Gasteiger partial charge in [-0.25, -0.2) is 8.42 Å². The van der Waals surface area contributed by atoms with Crippen molar-refractivity contribution in [2.75, 3.05) is 6.26 Å². The third kappa shape index (κ3) is 5.51. The smallest absolute Gasteiger partial charge is 0.281 e. The van der Waals surface area contributed by atoms with E-state index < -0.39 is 21.7 Å². The second kappa shape index (κ2) is 8.31. The summed E-state index contributed by atoms with van der Waals surface area (Å²) in [6.07, 6.45) is 5.69. The molecular weight excluding hydrogens is 338 g/mol. The van der Waals surface area contributed by atoms with Crippen molar-refractivity contribution in [3.8, 4) is 0 Å². The summed E-state index contributed by atoms with van der Waals surface area (Å²) in [7, 11) is -3.59. The van der Waals surface area contributed by atoms with Crippen LogP contribution < -0.4 is 11.5 Å². The molecule has 0 unspecified atom stereocenters. The maximum Gasteiger partial charge on any atom is 0.281 e. The first-order valence-corrected chi connectivity index (χ1v) is 9.60. The topological polar surface area (TPSA) is 116 Å². The minimum atomic E-state index is -3.59. The van der Waals surface area contributed by atoms with Gasteiger partial charge < -0.3 is 11.5 Å². The summed E-state index contributed by atoms with van der Waals surface area (Å²) in [5, 5.41) is -0.129. The van der Waals surface area contributed by atoms with Crippen molar-refractivity contribution in [3.05, 3.63) is 28.3 Å². The predicted molar refractivity (Wildman–Crippen MR) is 92.5 cm³/mol. The second-order valence-electron chi connectivity index (χ2n) is 5.34. The quantitative estimate of drug-likeness (QED) is 0.440. The molecular formula is C15H22ClN3O3S. The van der Waals surface area contributed by atoms with Gasteiger partial charge in [-0.2, -0.15) is 4.99 Å². The van der Waals surface area contributed by atoms with E-state index in [0.29, 0.717) is 12.0 Å². The average Bonchev–Trinajstić information content (AvgIpc) is 2.41. The Labute approximate surface area is 141 Å². The van der Waals surface area contributed by atoms with Crippen LogP contribution in [0.5, 0.6) is 0 Å². The number of rotatable bonds is 7. The molecule has 0 bridgehead atoms. The van der Waals surface area contributed by atoms with E-state index in [1.54, 1.807) is 6.07 Å². The van der Waals surface area contributed by atoms with Crippen LogP contribution in [-0.2, 0) is 16.3 Å². The van der Waals surface area contributed by atoms with Crippen LogP contribution in [0.1, 0.15) is 48.5 Å². The third-order valence-corrected chi connectivity index (χ3v) is 5.02.